The smallest absolute Gasteiger partial charge is 0.138 e. The first-order valence-electron chi connectivity index (χ1n) is 7.62. The highest BCUT2D eigenvalue weighted by Gasteiger charge is 2.29. The molecule has 1 atom stereocenters. The van der Waals surface area contributed by atoms with Crippen LogP contribution >= 0.6 is 0 Å². The Labute approximate surface area is 117 Å². The molecule has 2 rings (SSSR count). The van der Waals surface area contributed by atoms with E-state index in [0.717, 1.165) is 31.4 Å². The van der Waals surface area contributed by atoms with Gasteiger partial charge in [0.25, 0.3) is 0 Å². The van der Waals surface area contributed by atoms with Crippen LogP contribution in [0.15, 0.2) is 6.33 Å². The second-order valence-electron chi connectivity index (χ2n) is 6.75. The Balaban J connectivity index is 1.97. The molecule has 1 saturated carbocycles. The molecule has 4 nitrogen and oxygen atoms in total. The lowest BCUT2D eigenvalue weighted by Gasteiger charge is -2.28. The Kier molecular flexibility index (Phi) is 4.61. The van der Waals surface area contributed by atoms with E-state index < -0.39 is 0 Å². The quantitative estimate of drug-likeness (QED) is 0.785. The topological polar surface area (TPSA) is 42.7 Å². The van der Waals surface area contributed by atoms with Crippen molar-refractivity contribution >= 4 is 0 Å². The van der Waals surface area contributed by atoms with Gasteiger partial charge in [0, 0.05) is 25.6 Å². The normalized spacial score (nSPS) is 18.8. The molecule has 0 amide bonds. The summed E-state index contributed by atoms with van der Waals surface area (Å²) < 4.78 is 2.08. The molecule has 0 spiro atoms. The van der Waals surface area contributed by atoms with Crippen molar-refractivity contribution in [1.82, 2.24) is 20.1 Å². The molecule has 1 aromatic rings. The lowest BCUT2D eigenvalue weighted by atomic mass is 9.83. The standard InChI is InChI=1S/C15H28N4/c1-5-15(4,10-16-13-6-7-13)8-14-17-11-18-19(14)9-12(2)3/h11-13,16H,5-10H2,1-4H3. The number of nitrogens with zero attached hydrogens (tertiary/aromatic N) is 3. The zero-order chi connectivity index (χ0) is 13.9. The van der Waals surface area contributed by atoms with Crippen LogP contribution in [0.1, 0.15) is 52.8 Å². The molecule has 0 aromatic carbocycles. The Morgan fingerprint density at radius 3 is 2.79 bits per heavy atom. The summed E-state index contributed by atoms with van der Waals surface area (Å²) >= 11 is 0. The predicted molar refractivity (Wildman–Crippen MR) is 78.0 cm³/mol. The summed E-state index contributed by atoms with van der Waals surface area (Å²) in [4.78, 5) is 4.47. The van der Waals surface area contributed by atoms with Gasteiger partial charge < -0.3 is 5.32 Å². The fourth-order valence-corrected chi connectivity index (χ4v) is 2.30. The minimum absolute atomic E-state index is 0.282. The number of nitrogens with one attached hydrogen (secondary N) is 1. The van der Waals surface area contributed by atoms with E-state index in [4.69, 9.17) is 0 Å². The maximum Gasteiger partial charge on any atom is 0.138 e. The molecule has 19 heavy (non-hydrogen) atoms. The van der Waals surface area contributed by atoms with E-state index in [9.17, 15) is 0 Å². The maximum absolute atomic E-state index is 4.47. The van der Waals surface area contributed by atoms with Crippen molar-refractivity contribution in [3.63, 3.8) is 0 Å². The summed E-state index contributed by atoms with van der Waals surface area (Å²) in [5, 5.41) is 8.03. The highest BCUT2D eigenvalue weighted by atomic mass is 15.3. The molecular weight excluding hydrogens is 236 g/mol. The van der Waals surface area contributed by atoms with Gasteiger partial charge >= 0.3 is 0 Å². The van der Waals surface area contributed by atoms with Crippen molar-refractivity contribution in [2.75, 3.05) is 6.54 Å². The molecule has 0 aliphatic heterocycles. The molecule has 1 heterocycles. The van der Waals surface area contributed by atoms with Gasteiger partial charge in [-0.25, -0.2) is 9.67 Å². The SMILES string of the molecule is CCC(C)(CNC1CC1)Cc1ncnn1CC(C)C. The highest BCUT2D eigenvalue weighted by molar-refractivity contribution is 4.94. The van der Waals surface area contributed by atoms with Crippen molar-refractivity contribution in [3.8, 4) is 0 Å². The molecule has 1 N–H and O–H groups in total. The van der Waals surface area contributed by atoms with E-state index in [2.05, 4.69) is 47.8 Å². The molecule has 0 saturated heterocycles. The molecule has 1 aromatic heterocycles. The van der Waals surface area contributed by atoms with Gasteiger partial charge in [-0.05, 0) is 30.6 Å². The van der Waals surface area contributed by atoms with Crippen LogP contribution in [0.5, 0.6) is 0 Å². The third-order valence-corrected chi connectivity index (χ3v) is 4.07. The second-order valence-corrected chi connectivity index (χ2v) is 6.75. The van der Waals surface area contributed by atoms with E-state index >= 15 is 0 Å². The first-order valence-corrected chi connectivity index (χ1v) is 7.62. The lowest BCUT2D eigenvalue weighted by molar-refractivity contribution is 0.276. The molecule has 1 fully saturated rings. The van der Waals surface area contributed by atoms with Crippen LogP contribution in [0.25, 0.3) is 0 Å². The molecular formula is C15H28N4. The molecule has 0 radical (unpaired) electrons. The van der Waals surface area contributed by atoms with E-state index in [-0.39, 0.29) is 5.41 Å². The highest BCUT2D eigenvalue weighted by Crippen LogP contribution is 2.27. The lowest BCUT2D eigenvalue weighted by Crippen LogP contribution is -2.35. The first-order chi connectivity index (χ1) is 9.02. The van der Waals surface area contributed by atoms with Gasteiger partial charge in [0.1, 0.15) is 12.2 Å². The summed E-state index contributed by atoms with van der Waals surface area (Å²) in [5.74, 6) is 1.74. The summed E-state index contributed by atoms with van der Waals surface area (Å²) in [6.07, 6.45) is 6.58. The van der Waals surface area contributed by atoms with Gasteiger partial charge in [-0.3, -0.25) is 0 Å². The van der Waals surface area contributed by atoms with Crippen LogP contribution in [0.4, 0.5) is 0 Å². The van der Waals surface area contributed by atoms with Gasteiger partial charge in [0.15, 0.2) is 0 Å². The number of rotatable bonds is 8. The Bertz CT molecular complexity index is 395. The molecule has 108 valence electrons. The molecule has 0 bridgehead atoms. The van der Waals surface area contributed by atoms with Crippen molar-refractivity contribution in [2.24, 2.45) is 11.3 Å². The summed E-state index contributed by atoms with van der Waals surface area (Å²) in [7, 11) is 0. The average molecular weight is 264 g/mol. The zero-order valence-corrected chi connectivity index (χ0v) is 12.8. The van der Waals surface area contributed by atoms with Crippen LogP contribution in [0.2, 0.25) is 0 Å². The minimum Gasteiger partial charge on any atom is -0.313 e. The van der Waals surface area contributed by atoms with Crippen LogP contribution in [-0.4, -0.2) is 27.4 Å². The van der Waals surface area contributed by atoms with E-state index in [1.54, 1.807) is 6.33 Å². The predicted octanol–water partition coefficient (Wildman–Crippen LogP) is 2.64. The number of aromatic nitrogens is 3. The first kappa shape index (κ1) is 14.5. The Morgan fingerprint density at radius 2 is 2.21 bits per heavy atom. The van der Waals surface area contributed by atoms with Crippen molar-refractivity contribution in [1.29, 1.82) is 0 Å². The average Bonchev–Trinajstić information content (AvgIpc) is 3.10. The Morgan fingerprint density at radius 1 is 1.47 bits per heavy atom. The molecule has 4 heteroatoms. The number of hydrogen-bond donors (Lipinski definition) is 1. The van der Waals surface area contributed by atoms with Crippen molar-refractivity contribution < 1.29 is 0 Å². The molecule has 1 aliphatic rings. The summed E-state index contributed by atoms with van der Waals surface area (Å²) in [6, 6.07) is 0.777. The van der Waals surface area contributed by atoms with Crippen LogP contribution in [0, 0.1) is 11.3 Å². The second kappa shape index (κ2) is 6.04. The zero-order valence-electron chi connectivity index (χ0n) is 12.8. The van der Waals surface area contributed by atoms with Gasteiger partial charge in [0.2, 0.25) is 0 Å². The fraction of sp³-hybridized carbons (Fsp3) is 0.867. The van der Waals surface area contributed by atoms with E-state index in [1.807, 2.05) is 0 Å². The maximum atomic E-state index is 4.47. The van der Waals surface area contributed by atoms with E-state index in [0.29, 0.717) is 5.92 Å². The third kappa shape index (κ3) is 4.30. The van der Waals surface area contributed by atoms with Gasteiger partial charge in [-0.2, -0.15) is 5.10 Å². The van der Waals surface area contributed by atoms with Crippen LogP contribution in [0.3, 0.4) is 0 Å². The Hall–Kier alpha value is -0.900. The summed E-state index contributed by atoms with van der Waals surface area (Å²) in [5.41, 5.74) is 0.282. The van der Waals surface area contributed by atoms with Gasteiger partial charge in [0.05, 0.1) is 0 Å². The monoisotopic (exact) mass is 264 g/mol. The van der Waals surface area contributed by atoms with Crippen molar-refractivity contribution in [2.45, 2.75) is 66.0 Å². The molecule has 1 aliphatic carbocycles. The van der Waals surface area contributed by atoms with Crippen molar-refractivity contribution in [3.05, 3.63) is 12.2 Å². The van der Waals surface area contributed by atoms with Gasteiger partial charge in [-0.15, -0.1) is 0 Å². The van der Waals surface area contributed by atoms with E-state index in [1.165, 1.54) is 19.3 Å². The van der Waals surface area contributed by atoms with Crippen LogP contribution in [-0.2, 0) is 13.0 Å². The van der Waals surface area contributed by atoms with Crippen LogP contribution < -0.4 is 5.32 Å². The third-order valence-electron chi connectivity index (χ3n) is 4.07. The summed E-state index contributed by atoms with van der Waals surface area (Å²) in [6.45, 7) is 11.1. The van der Waals surface area contributed by atoms with Gasteiger partial charge in [-0.1, -0.05) is 27.7 Å². The number of hydrogen-bond acceptors (Lipinski definition) is 3. The molecule has 1 unspecified atom stereocenters. The minimum atomic E-state index is 0.282. The fourth-order valence-electron chi connectivity index (χ4n) is 2.30. The largest absolute Gasteiger partial charge is 0.313 e.